The molecule has 0 unspecified atom stereocenters. The molecule has 74 valence electrons. The molecule has 0 saturated carbocycles. The van der Waals surface area contributed by atoms with Crippen molar-refractivity contribution in [2.45, 2.75) is 6.42 Å². The molecule has 0 amide bonds. The van der Waals surface area contributed by atoms with Crippen LogP contribution >= 0.6 is 23.2 Å². The summed E-state index contributed by atoms with van der Waals surface area (Å²) in [5.74, 6) is 5.93. The van der Waals surface area contributed by atoms with Gasteiger partial charge in [-0.25, -0.2) is 4.98 Å². The highest BCUT2D eigenvalue weighted by molar-refractivity contribution is 6.41. The number of aromatic nitrogens is 1. The summed E-state index contributed by atoms with van der Waals surface area (Å²) in [5.41, 5.74) is 0.725. The Morgan fingerprint density at radius 2 is 2.29 bits per heavy atom. The van der Waals surface area contributed by atoms with Crippen LogP contribution in [0, 0.1) is 11.8 Å². The Bertz CT molecular complexity index is 366. The largest absolute Gasteiger partial charge is 0.319 e. The third-order valence-corrected chi connectivity index (χ3v) is 2.34. The third kappa shape index (κ3) is 3.19. The van der Waals surface area contributed by atoms with E-state index >= 15 is 0 Å². The van der Waals surface area contributed by atoms with Crippen LogP contribution in [0.2, 0.25) is 10.2 Å². The summed E-state index contributed by atoms with van der Waals surface area (Å²) < 4.78 is 0. The van der Waals surface area contributed by atoms with Gasteiger partial charge in [0.05, 0.1) is 5.02 Å². The van der Waals surface area contributed by atoms with Crippen LogP contribution in [0.4, 0.5) is 0 Å². The molecular formula is C10H10Cl2N2. The number of halogens is 2. The molecule has 0 saturated heterocycles. The maximum atomic E-state index is 5.89. The molecule has 4 heteroatoms. The van der Waals surface area contributed by atoms with Gasteiger partial charge in [0.25, 0.3) is 0 Å². The van der Waals surface area contributed by atoms with E-state index in [-0.39, 0.29) is 0 Å². The van der Waals surface area contributed by atoms with Gasteiger partial charge in [-0.2, -0.15) is 0 Å². The maximum absolute atomic E-state index is 5.89. The van der Waals surface area contributed by atoms with Crippen molar-refractivity contribution in [3.05, 3.63) is 28.0 Å². The second kappa shape index (κ2) is 5.87. The molecule has 0 aromatic carbocycles. The molecule has 1 heterocycles. The molecule has 0 spiro atoms. The van der Waals surface area contributed by atoms with Gasteiger partial charge in [-0.3, -0.25) is 0 Å². The minimum Gasteiger partial charge on any atom is -0.319 e. The van der Waals surface area contributed by atoms with Crippen molar-refractivity contribution in [1.29, 1.82) is 0 Å². The van der Waals surface area contributed by atoms with Gasteiger partial charge in [0.15, 0.2) is 0 Å². The average molecular weight is 229 g/mol. The molecule has 1 rings (SSSR count). The summed E-state index contributed by atoms with van der Waals surface area (Å²) in [6.07, 6.45) is 2.38. The van der Waals surface area contributed by atoms with Crippen molar-refractivity contribution >= 4 is 23.2 Å². The van der Waals surface area contributed by atoms with Gasteiger partial charge in [-0.1, -0.05) is 35.0 Å². The van der Waals surface area contributed by atoms with E-state index in [9.17, 15) is 0 Å². The molecule has 2 nitrogen and oxygen atoms in total. The zero-order valence-corrected chi connectivity index (χ0v) is 9.28. The zero-order valence-electron chi connectivity index (χ0n) is 7.77. The van der Waals surface area contributed by atoms with E-state index in [0.717, 1.165) is 18.5 Å². The van der Waals surface area contributed by atoms with E-state index in [1.165, 1.54) is 0 Å². The number of nitrogens with one attached hydrogen (secondary N) is 1. The first kappa shape index (κ1) is 11.3. The van der Waals surface area contributed by atoms with Gasteiger partial charge in [0.2, 0.25) is 0 Å². The first-order chi connectivity index (χ1) is 6.75. The SMILES string of the molecule is CNCCC#Cc1ccnc(Cl)c1Cl. The number of nitrogens with zero attached hydrogens (tertiary/aromatic N) is 1. The Morgan fingerprint density at radius 3 is 3.00 bits per heavy atom. The fourth-order valence-corrected chi connectivity index (χ4v) is 1.18. The van der Waals surface area contributed by atoms with E-state index in [1.54, 1.807) is 12.3 Å². The van der Waals surface area contributed by atoms with Crippen molar-refractivity contribution in [2.75, 3.05) is 13.6 Å². The summed E-state index contributed by atoms with van der Waals surface area (Å²) in [4.78, 5) is 3.84. The minimum atomic E-state index is 0.298. The molecule has 0 fully saturated rings. The maximum Gasteiger partial charge on any atom is 0.148 e. The van der Waals surface area contributed by atoms with Gasteiger partial charge >= 0.3 is 0 Å². The van der Waals surface area contributed by atoms with Crippen LogP contribution < -0.4 is 5.32 Å². The second-order valence-electron chi connectivity index (χ2n) is 2.62. The molecule has 0 aliphatic carbocycles. The lowest BCUT2D eigenvalue weighted by atomic mass is 10.2. The monoisotopic (exact) mass is 228 g/mol. The highest BCUT2D eigenvalue weighted by Gasteiger charge is 2.01. The lowest BCUT2D eigenvalue weighted by Crippen LogP contribution is -2.05. The van der Waals surface area contributed by atoms with E-state index in [1.807, 2.05) is 7.05 Å². The smallest absolute Gasteiger partial charge is 0.148 e. The van der Waals surface area contributed by atoms with Crippen molar-refractivity contribution in [1.82, 2.24) is 10.3 Å². The van der Waals surface area contributed by atoms with Crippen LogP contribution in [0.1, 0.15) is 12.0 Å². The summed E-state index contributed by atoms with van der Waals surface area (Å²) in [7, 11) is 1.89. The van der Waals surface area contributed by atoms with Gasteiger partial charge in [-0.05, 0) is 13.1 Å². The normalized spacial score (nSPS) is 9.36. The molecule has 1 aromatic rings. The molecular weight excluding hydrogens is 219 g/mol. The van der Waals surface area contributed by atoms with Gasteiger partial charge < -0.3 is 5.32 Å². The Hall–Kier alpha value is -0.750. The molecule has 1 N–H and O–H groups in total. The molecule has 0 aliphatic heterocycles. The van der Waals surface area contributed by atoms with E-state index in [4.69, 9.17) is 23.2 Å². The molecule has 14 heavy (non-hydrogen) atoms. The van der Waals surface area contributed by atoms with Gasteiger partial charge in [-0.15, -0.1) is 0 Å². The Balaban J connectivity index is 2.74. The molecule has 0 aliphatic rings. The number of rotatable bonds is 2. The third-order valence-electron chi connectivity index (χ3n) is 1.57. The molecule has 1 aromatic heterocycles. The van der Waals surface area contributed by atoms with Crippen LogP contribution in [0.3, 0.4) is 0 Å². The Kier molecular flexibility index (Phi) is 4.75. The van der Waals surface area contributed by atoms with E-state index < -0.39 is 0 Å². The summed E-state index contributed by atoms with van der Waals surface area (Å²) in [6, 6.07) is 1.75. The quantitative estimate of drug-likeness (QED) is 0.478. The lowest BCUT2D eigenvalue weighted by molar-refractivity contribution is 0.818. The van der Waals surface area contributed by atoms with E-state index in [0.29, 0.717) is 10.2 Å². The van der Waals surface area contributed by atoms with Crippen LogP contribution in [0.5, 0.6) is 0 Å². The highest BCUT2D eigenvalue weighted by atomic mass is 35.5. The van der Waals surface area contributed by atoms with Crippen LogP contribution in [0.25, 0.3) is 0 Å². The average Bonchev–Trinajstić information content (AvgIpc) is 2.19. The number of pyridine rings is 1. The number of hydrogen-bond acceptors (Lipinski definition) is 2. The lowest BCUT2D eigenvalue weighted by Gasteiger charge is -1.96. The first-order valence-corrected chi connectivity index (χ1v) is 4.94. The van der Waals surface area contributed by atoms with Crippen molar-refractivity contribution in [3.63, 3.8) is 0 Å². The minimum absolute atomic E-state index is 0.298. The van der Waals surface area contributed by atoms with Crippen LogP contribution in [0.15, 0.2) is 12.3 Å². The zero-order chi connectivity index (χ0) is 10.4. The summed E-state index contributed by atoms with van der Waals surface area (Å²) in [6.45, 7) is 0.865. The highest BCUT2D eigenvalue weighted by Crippen LogP contribution is 2.22. The fourth-order valence-electron chi connectivity index (χ4n) is 0.860. The second-order valence-corrected chi connectivity index (χ2v) is 3.35. The standard InChI is InChI=1S/C10H10Cl2N2/c1-13-6-3-2-4-8-5-7-14-10(12)9(8)11/h5,7,13H,3,6H2,1H3. The molecule has 0 atom stereocenters. The van der Waals surface area contributed by atoms with Crippen molar-refractivity contribution in [2.24, 2.45) is 0 Å². The van der Waals surface area contributed by atoms with Gasteiger partial charge in [0, 0.05) is 24.7 Å². The topological polar surface area (TPSA) is 24.9 Å². The number of hydrogen-bond donors (Lipinski definition) is 1. The Labute approximate surface area is 93.6 Å². The Morgan fingerprint density at radius 1 is 1.50 bits per heavy atom. The summed E-state index contributed by atoms with van der Waals surface area (Å²) in [5, 5.41) is 3.73. The van der Waals surface area contributed by atoms with Crippen LogP contribution in [-0.2, 0) is 0 Å². The van der Waals surface area contributed by atoms with Gasteiger partial charge in [0.1, 0.15) is 5.15 Å². The molecule has 0 bridgehead atoms. The summed E-state index contributed by atoms with van der Waals surface area (Å²) >= 11 is 11.6. The first-order valence-electron chi connectivity index (χ1n) is 4.19. The van der Waals surface area contributed by atoms with Crippen molar-refractivity contribution < 1.29 is 0 Å². The predicted molar refractivity (Wildman–Crippen MR) is 59.7 cm³/mol. The van der Waals surface area contributed by atoms with Crippen molar-refractivity contribution in [3.8, 4) is 11.8 Å². The predicted octanol–water partition coefficient (Wildman–Crippen LogP) is 2.35. The molecule has 0 radical (unpaired) electrons. The van der Waals surface area contributed by atoms with E-state index in [2.05, 4.69) is 22.1 Å². The van der Waals surface area contributed by atoms with Crippen LogP contribution in [-0.4, -0.2) is 18.6 Å². The fraction of sp³-hybridized carbons (Fsp3) is 0.300.